The summed E-state index contributed by atoms with van der Waals surface area (Å²) < 4.78 is 0. The number of carbonyl (C=O) groups excluding carboxylic acids is 2. The summed E-state index contributed by atoms with van der Waals surface area (Å²) in [5.41, 5.74) is 2.99. The van der Waals surface area contributed by atoms with Gasteiger partial charge in [0.25, 0.3) is 5.91 Å². The molecule has 38 heavy (non-hydrogen) atoms. The van der Waals surface area contributed by atoms with Gasteiger partial charge in [-0.3, -0.25) is 19.4 Å². The van der Waals surface area contributed by atoms with E-state index in [2.05, 4.69) is 61.8 Å². The number of piperidine rings is 1. The largest absolute Gasteiger partial charge is 0.357 e. The molecule has 2 fully saturated rings. The third-order valence-corrected chi connectivity index (χ3v) is 8.04. The maximum Gasteiger partial charge on any atom is 0.273 e. The molecule has 0 radical (unpaired) electrons. The van der Waals surface area contributed by atoms with Crippen molar-refractivity contribution >= 4 is 28.3 Å². The van der Waals surface area contributed by atoms with Crippen LogP contribution in [-0.2, 0) is 17.9 Å². The van der Waals surface area contributed by atoms with E-state index in [-0.39, 0.29) is 17.9 Å². The quantitative estimate of drug-likeness (QED) is 0.440. The SMILES string of the molecule is O=C(CN1CCN(C(=O)c2csc(NCc3ccccc3)n2)CC1)NC1CCN(Cc2ccccc2)CC1. The highest BCUT2D eigenvalue weighted by Crippen LogP contribution is 2.19. The molecular formula is C29H36N6O2S. The van der Waals surface area contributed by atoms with Gasteiger partial charge in [0.15, 0.2) is 5.13 Å². The van der Waals surface area contributed by atoms with E-state index in [1.54, 1.807) is 0 Å². The number of carbonyl (C=O) groups is 2. The molecule has 2 amide bonds. The van der Waals surface area contributed by atoms with Crippen LogP contribution in [0.1, 0.15) is 34.5 Å². The number of nitrogens with zero attached hydrogens (tertiary/aromatic N) is 4. The fraction of sp³-hybridized carbons (Fsp3) is 0.414. The smallest absolute Gasteiger partial charge is 0.273 e. The van der Waals surface area contributed by atoms with Gasteiger partial charge in [-0.15, -0.1) is 11.3 Å². The lowest BCUT2D eigenvalue weighted by Crippen LogP contribution is -2.52. The number of hydrogen-bond acceptors (Lipinski definition) is 7. The molecule has 2 aliphatic heterocycles. The molecule has 2 aliphatic rings. The van der Waals surface area contributed by atoms with Crippen LogP contribution in [0.15, 0.2) is 66.0 Å². The highest BCUT2D eigenvalue weighted by atomic mass is 32.1. The Morgan fingerprint density at radius 1 is 0.842 bits per heavy atom. The fourth-order valence-electron chi connectivity index (χ4n) is 5.05. The molecule has 2 saturated heterocycles. The standard InChI is InChI=1S/C29H36N6O2S/c36-27(31-25-11-13-33(14-12-25)20-24-9-5-2-6-10-24)21-34-15-17-35(18-16-34)28(37)26-22-38-29(32-26)30-19-23-7-3-1-4-8-23/h1-10,22,25H,11-21H2,(H,30,32)(H,31,36). The van der Waals surface area contributed by atoms with Crippen LogP contribution >= 0.6 is 11.3 Å². The monoisotopic (exact) mass is 532 g/mol. The molecule has 0 bridgehead atoms. The van der Waals surface area contributed by atoms with Crippen LogP contribution in [0.5, 0.6) is 0 Å². The first-order valence-electron chi connectivity index (χ1n) is 13.4. The second-order valence-electron chi connectivity index (χ2n) is 10.0. The Bertz CT molecular complexity index is 1170. The van der Waals surface area contributed by atoms with Crippen molar-refractivity contribution in [3.8, 4) is 0 Å². The summed E-state index contributed by atoms with van der Waals surface area (Å²) in [5.74, 6) is 0.0419. The van der Waals surface area contributed by atoms with Crippen molar-refractivity contribution in [3.05, 3.63) is 82.9 Å². The first kappa shape index (κ1) is 26.3. The normalized spacial score (nSPS) is 17.3. The van der Waals surface area contributed by atoms with Crippen molar-refractivity contribution in [2.75, 3.05) is 51.1 Å². The molecule has 0 spiro atoms. The van der Waals surface area contributed by atoms with Crippen LogP contribution in [0, 0.1) is 0 Å². The van der Waals surface area contributed by atoms with E-state index in [9.17, 15) is 9.59 Å². The summed E-state index contributed by atoms with van der Waals surface area (Å²) in [6.07, 6.45) is 1.97. The number of rotatable bonds is 9. The second kappa shape index (κ2) is 13.0. The average Bonchev–Trinajstić information content (AvgIpc) is 3.43. The van der Waals surface area contributed by atoms with Gasteiger partial charge in [-0.25, -0.2) is 4.98 Å². The van der Waals surface area contributed by atoms with Crippen LogP contribution in [0.2, 0.25) is 0 Å². The van der Waals surface area contributed by atoms with Gasteiger partial charge < -0.3 is 15.5 Å². The lowest BCUT2D eigenvalue weighted by Gasteiger charge is -2.35. The van der Waals surface area contributed by atoms with E-state index in [4.69, 9.17) is 0 Å². The maximum absolute atomic E-state index is 13.0. The summed E-state index contributed by atoms with van der Waals surface area (Å²) in [6.45, 7) is 6.63. The van der Waals surface area contributed by atoms with Crippen molar-refractivity contribution in [3.63, 3.8) is 0 Å². The average molecular weight is 533 g/mol. The number of benzene rings is 2. The fourth-order valence-corrected chi connectivity index (χ4v) is 5.73. The minimum absolute atomic E-state index is 0.0413. The molecule has 9 heteroatoms. The van der Waals surface area contributed by atoms with Gasteiger partial charge in [-0.1, -0.05) is 60.7 Å². The molecule has 0 saturated carbocycles. The van der Waals surface area contributed by atoms with Gasteiger partial charge in [-0.2, -0.15) is 0 Å². The van der Waals surface area contributed by atoms with Gasteiger partial charge in [0.05, 0.1) is 6.54 Å². The van der Waals surface area contributed by atoms with Crippen molar-refractivity contribution in [2.45, 2.75) is 32.0 Å². The highest BCUT2D eigenvalue weighted by molar-refractivity contribution is 7.13. The molecule has 200 valence electrons. The number of piperazine rings is 1. The Labute approximate surface area is 228 Å². The van der Waals surface area contributed by atoms with E-state index in [0.29, 0.717) is 45.0 Å². The summed E-state index contributed by atoms with van der Waals surface area (Å²) in [6, 6.07) is 20.9. The van der Waals surface area contributed by atoms with Crippen LogP contribution in [-0.4, -0.2) is 83.4 Å². The topological polar surface area (TPSA) is 80.8 Å². The van der Waals surface area contributed by atoms with Crippen LogP contribution in [0.3, 0.4) is 0 Å². The van der Waals surface area contributed by atoms with Gasteiger partial charge in [0.2, 0.25) is 5.91 Å². The first-order valence-corrected chi connectivity index (χ1v) is 14.3. The molecule has 0 aliphatic carbocycles. The summed E-state index contributed by atoms with van der Waals surface area (Å²) in [5, 5.41) is 9.10. The van der Waals surface area contributed by atoms with E-state index < -0.39 is 0 Å². The predicted molar refractivity (Wildman–Crippen MR) is 151 cm³/mol. The third kappa shape index (κ3) is 7.40. The Balaban J connectivity index is 0.995. The summed E-state index contributed by atoms with van der Waals surface area (Å²) >= 11 is 1.45. The number of nitrogens with one attached hydrogen (secondary N) is 2. The minimum atomic E-state index is -0.0413. The zero-order chi connectivity index (χ0) is 26.2. The third-order valence-electron chi connectivity index (χ3n) is 7.24. The molecule has 2 N–H and O–H groups in total. The summed E-state index contributed by atoms with van der Waals surface area (Å²) in [7, 11) is 0. The number of anilines is 1. The van der Waals surface area contributed by atoms with Crippen LogP contribution in [0.4, 0.5) is 5.13 Å². The molecular weight excluding hydrogens is 496 g/mol. The minimum Gasteiger partial charge on any atom is -0.357 e. The molecule has 8 nitrogen and oxygen atoms in total. The van der Waals surface area contributed by atoms with E-state index in [1.165, 1.54) is 22.5 Å². The molecule has 0 unspecified atom stereocenters. The van der Waals surface area contributed by atoms with Gasteiger partial charge in [0, 0.05) is 63.8 Å². The van der Waals surface area contributed by atoms with Crippen molar-refractivity contribution < 1.29 is 9.59 Å². The number of aromatic nitrogens is 1. The Morgan fingerprint density at radius 2 is 1.50 bits per heavy atom. The highest BCUT2D eigenvalue weighted by Gasteiger charge is 2.26. The van der Waals surface area contributed by atoms with E-state index in [0.717, 1.165) is 37.6 Å². The van der Waals surface area contributed by atoms with Crippen molar-refractivity contribution in [2.24, 2.45) is 0 Å². The zero-order valence-corrected chi connectivity index (χ0v) is 22.5. The molecule has 5 rings (SSSR count). The molecule has 3 heterocycles. The van der Waals surface area contributed by atoms with Gasteiger partial charge in [-0.05, 0) is 24.0 Å². The number of amides is 2. The molecule has 0 atom stereocenters. The Morgan fingerprint density at radius 3 is 2.18 bits per heavy atom. The molecule has 3 aromatic rings. The molecule has 1 aromatic heterocycles. The number of likely N-dealkylation sites (tertiary alicyclic amines) is 1. The second-order valence-corrected chi connectivity index (χ2v) is 10.9. The number of thiazole rings is 1. The predicted octanol–water partition coefficient (Wildman–Crippen LogP) is 3.29. The Hall–Kier alpha value is -3.27. The number of hydrogen-bond donors (Lipinski definition) is 2. The van der Waals surface area contributed by atoms with Crippen LogP contribution < -0.4 is 10.6 Å². The van der Waals surface area contributed by atoms with E-state index >= 15 is 0 Å². The maximum atomic E-state index is 13.0. The zero-order valence-electron chi connectivity index (χ0n) is 21.7. The summed E-state index contributed by atoms with van der Waals surface area (Å²) in [4.78, 5) is 36.6. The van der Waals surface area contributed by atoms with Gasteiger partial charge in [0.1, 0.15) is 5.69 Å². The van der Waals surface area contributed by atoms with Gasteiger partial charge >= 0.3 is 0 Å². The lowest BCUT2D eigenvalue weighted by atomic mass is 10.0. The van der Waals surface area contributed by atoms with E-state index in [1.807, 2.05) is 34.5 Å². The van der Waals surface area contributed by atoms with Crippen molar-refractivity contribution in [1.29, 1.82) is 0 Å². The Kier molecular flexibility index (Phi) is 9.01. The lowest BCUT2D eigenvalue weighted by molar-refractivity contribution is -0.123. The first-order chi connectivity index (χ1) is 18.6. The van der Waals surface area contributed by atoms with Crippen molar-refractivity contribution in [1.82, 2.24) is 25.0 Å². The molecule has 2 aromatic carbocycles. The van der Waals surface area contributed by atoms with Crippen LogP contribution in [0.25, 0.3) is 0 Å².